The number of carbonyl (C=O) groups excluding carboxylic acids is 2. The summed E-state index contributed by atoms with van der Waals surface area (Å²) in [5.74, 6) is 0.275. The summed E-state index contributed by atoms with van der Waals surface area (Å²) in [6, 6.07) is 2.03. The summed E-state index contributed by atoms with van der Waals surface area (Å²) in [7, 11) is 2.08. The minimum absolute atomic E-state index is 0.0358. The first-order valence-corrected chi connectivity index (χ1v) is 10.9. The summed E-state index contributed by atoms with van der Waals surface area (Å²) < 4.78 is 1.98. The minimum Gasteiger partial charge on any atom is -0.336 e. The van der Waals surface area contributed by atoms with E-state index in [1.54, 1.807) is 0 Å². The van der Waals surface area contributed by atoms with Gasteiger partial charge in [0.1, 0.15) is 0 Å². The van der Waals surface area contributed by atoms with Crippen molar-refractivity contribution in [2.75, 3.05) is 33.2 Å². The van der Waals surface area contributed by atoms with Gasteiger partial charge in [0.2, 0.25) is 5.91 Å². The molecule has 9 heteroatoms. The van der Waals surface area contributed by atoms with Gasteiger partial charge in [-0.05, 0) is 45.8 Å². The topological polar surface area (TPSA) is 90.4 Å². The molecule has 1 N–H and O–H groups in total. The highest BCUT2D eigenvalue weighted by Crippen LogP contribution is 2.26. The number of fused-ring (bicyclic) bond motifs is 2. The Morgan fingerprint density at radius 1 is 1.13 bits per heavy atom. The Hall–Kier alpha value is -2.68. The van der Waals surface area contributed by atoms with Crippen LogP contribution in [0.4, 0.5) is 0 Å². The number of rotatable bonds is 2. The first-order chi connectivity index (χ1) is 14.5. The van der Waals surface area contributed by atoms with Crippen molar-refractivity contribution in [3.05, 3.63) is 34.4 Å². The molecule has 1 unspecified atom stereocenters. The quantitative estimate of drug-likeness (QED) is 0.789. The fraction of sp³-hybridized carbons (Fsp3) is 0.619. The van der Waals surface area contributed by atoms with E-state index in [0.29, 0.717) is 44.8 Å². The maximum absolute atomic E-state index is 13.2. The number of aryl methyl sites for hydroxylation is 1. The number of hydrogen-bond acceptors (Lipinski definition) is 5. The Bertz CT molecular complexity index is 978. The Morgan fingerprint density at radius 3 is 2.83 bits per heavy atom. The lowest BCUT2D eigenvalue weighted by Crippen LogP contribution is -2.45. The van der Waals surface area contributed by atoms with Crippen LogP contribution in [-0.2, 0) is 30.8 Å². The molecule has 0 spiro atoms. The molecule has 0 saturated carbocycles. The summed E-state index contributed by atoms with van der Waals surface area (Å²) in [6.07, 6.45) is 2.71. The van der Waals surface area contributed by atoms with Crippen molar-refractivity contribution >= 4 is 11.8 Å². The number of nitrogens with one attached hydrogen (secondary N) is 1. The molecule has 1 atom stereocenters. The molecule has 0 radical (unpaired) electrons. The molecule has 30 heavy (non-hydrogen) atoms. The maximum Gasteiger partial charge on any atom is 0.275 e. The van der Waals surface area contributed by atoms with Crippen LogP contribution in [0.1, 0.15) is 46.0 Å². The van der Waals surface area contributed by atoms with Crippen LogP contribution < -0.4 is 0 Å². The van der Waals surface area contributed by atoms with Gasteiger partial charge in [0.05, 0.1) is 42.6 Å². The van der Waals surface area contributed by atoms with E-state index in [9.17, 15) is 9.59 Å². The van der Waals surface area contributed by atoms with E-state index in [0.717, 1.165) is 48.6 Å². The highest BCUT2D eigenvalue weighted by Gasteiger charge is 2.34. The third-order valence-corrected chi connectivity index (χ3v) is 6.63. The lowest BCUT2D eigenvalue weighted by atomic mass is 9.95. The molecular weight excluding hydrogens is 382 g/mol. The van der Waals surface area contributed by atoms with Gasteiger partial charge in [-0.2, -0.15) is 10.2 Å². The molecule has 5 heterocycles. The monoisotopic (exact) mass is 411 g/mol. The Morgan fingerprint density at radius 2 is 2.00 bits per heavy atom. The van der Waals surface area contributed by atoms with Gasteiger partial charge in [-0.1, -0.05) is 0 Å². The zero-order chi connectivity index (χ0) is 20.8. The van der Waals surface area contributed by atoms with Gasteiger partial charge in [0, 0.05) is 25.2 Å². The number of H-pyrrole nitrogens is 1. The van der Waals surface area contributed by atoms with Crippen molar-refractivity contribution in [2.45, 2.75) is 45.8 Å². The number of hydrogen-bond donors (Lipinski definition) is 1. The third kappa shape index (κ3) is 3.40. The second kappa shape index (κ2) is 7.54. The lowest BCUT2D eigenvalue weighted by molar-refractivity contribution is -0.138. The van der Waals surface area contributed by atoms with Crippen LogP contribution in [0.2, 0.25) is 0 Å². The number of aromatic amines is 1. The van der Waals surface area contributed by atoms with Crippen LogP contribution in [0.15, 0.2) is 6.07 Å². The molecule has 3 aliphatic heterocycles. The highest BCUT2D eigenvalue weighted by molar-refractivity contribution is 5.94. The van der Waals surface area contributed by atoms with E-state index in [4.69, 9.17) is 0 Å². The number of aromatic nitrogens is 4. The van der Waals surface area contributed by atoms with Crippen LogP contribution >= 0.6 is 0 Å². The molecular formula is C21H29N7O2. The highest BCUT2D eigenvalue weighted by atomic mass is 16.2. The van der Waals surface area contributed by atoms with Gasteiger partial charge in [-0.25, -0.2) is 0 Å². The summed E-state index contributed by atoms with van der Waals surface area (Å²) in [5, 5.41) is 11.9. The van der Waals surface area contributed by atoms with Crippen molar-refractivity contribution in [3.63, 3.8) is 0 Å². The van der Waals surface area contributed by atoms with Crippen LogP contribution in [-0.4, -0.2) is 79.7 Å². The first-order valence-electron chi connectivity index (χ1n) is 10.9. The van der Waals surface area contributed by atoms with E-state index >= 15 is 0 Å². The zero-order valence-electron chi connectivity index (χ0n) is 17.7. The van der Waals surface area contributed by atoms with E-state index in [-0.39, 0.29) is 17.7 Å². The van der Waals surface area contributed by atoms with Crippen molar-refractivity contribution in [3.8, 4) is 0 Å². The summed E-state index contributed by atoms with van der Waals surface area (Å²) in [5.41, 5.74) is 4.43. The molecule has 1 saturated heterocycles. The molecule has 160 valence electrons. The molecule has 9 nitrogen and oxygen atoms in total. The average molecular weight is 412 g/mol. The van der Waals surface area contributed by atoms with Crippen LogP contribution in [0, 0.1) is 12.8 Å². The molecule has 1 fully saturated rings. The number of amides is 2. The predicted octanol–water partition coefficient (Wildman–Crippen LogP) is 0.797. The molecule has 0 aliphatic carbocycles. The fourth-order valence-corrected chi connectivity index (χ4v) is 5.04. The molecule has 0 aromatic carbocycles. The molecule has 2 aromatic heterocycles. The van der Waals surface area contributed by atoms with E-state index < -0.39 is 0 Å². The van der Waals surface area contributed by atoms with Crippen LogP contribution in [0.5, 0.6) is 0 Å². The van der Waals surface area contributed by atoms with Gasteiger partial charge in [-0.3, -0.25) is 19.4 Å². The smallest absolute Gasteiger partial charge is 0.275 e. The Balaban J connectivity index is 1.28. The number of piperidine rings is 1. The van der Waals surface area contributed by atoms with Crippen molar-refractivity contribution < 1.29 is 9.59 Å². The third-order valence-electron chi connectivity index (χ3n) is 6.63. The van der Waals surface area contributed by atoms with Crippen molar-refractivity contribution in [2.24, 2.45) is 5.92 Å². The standard InChI is InChI=1S/C21H29N7O2/c1-14-10-16-12-27(8-9-28(16)24-14)21(30)19-17-5-7-26(13-18(17)22-23-19)20(29)15-4-3-6-25(2)11-15/h10,15H,3-9,11-13H2,1-2H3,(H,22,23). The largest absolute Gasteiger partial charge is 0.336 e. The predicted molar refractivity (Wildman–Crippen MR) is 110 cm³/mol. The molecule has 0 bridgehead atoms. The second-order valence-electron chi connectivity index (χ2n) is 8.87. The van der Waals surface area contributed by atoms with E-state index in [1.165, 1.54) is 0 Å². The van der Waals surface area contributed by atoms with E-state index in [1.807, 2.05) is 27.5 Å². The summed E-state index contributed by atoms with van der Waals surface area (Å²) in [6.45, 7) is 6.93. The Kier molecular flexibility index (Phi) is 4.85. The minimum atomic E-state index is -0.0358. The maximum atomic E-state index is 13.2. The number of carbonyl (C=O) groups is 2. The lowest BCUT2D eigenvalue weighted by Gasteiger charge is -2.34. The van der Waals surface area contributed by atoms with Gasteiger partial charge >= 0.3 is 0 Å². The normalized spacial score (nSPS) is 22.0. The summed E-state index contributed by atoms with van der Waals surface area (Å²) in [4.78, 5) is 32.2. The molecule has 2 amide bonds. The van der Waals surface area contributed by atoms with Gasteiger partial charge in [0.15, 0.2) is 5.69 Å². The van der Waals surface area contributed by atoms with Crippen LogP contribution in [0.25, 0.3) is 0 Å². The second-order valence-corrected chi connectivity index (χ2v) is 8.87. The average Bonchev–Trinajstić information content (AvgIpc) is 3.33. The van der Waals surface area contributed by atoms with Crippen molar-refractivity contribution in [1.82, 2.24) is 34.7 Å². The molecule has 3 aliphatic rings. The molecule has 5 rings (SSSR count). The van der Waals surface area contributed by atoms with E-state index in [2.05, 4.69) is 27.2 Å². The molecule has 2 aromatic rings. The Labute approximate surface area is 176 Å². The van der Waals surface area contributed by atoms with Crippen LogP contribution in [0.3, 0.4) is 0 Å². The number of likely N-dealkylation sites (tertiary alicyclic amines) is 1. The van der Waals surface area contributed by atoms with Gasteiger partial charge in [-0.15, -0.1) is 0 Å². The zero-order valence-corrected chi connectivity index (χ0v) is 17.7. The fourth-order valence-electron chi connectivity index (χ4n) is 5.04. The number of nitrogens with zero attached hydrogens (tertiary/aromatic N) is 6. The van der Waals surface area contributed by atoms with Crippen molar-refractivity contribution in [1.29, 1.82) is 0 Å². The van der Waals surface area contributed by atoms with Gasteiger partial charge in [0.25, 0.3) is 5.91 Å². The first kappa shape index (κ1) is 19.3. The SMILES string of the molecule is Cc1cc2n(n1)CCN(C(=O)c1n[nH]c3c1CCN(C(=O)C1CCCN(C)C1)C3)C2. The van der Waals surface area contributed by atoms with Gasteiger partial charge < -0.3 is 14.7 Å². The summed E-state index contributed by atoms with van der Waals surface area (Å²) >= 11 is 0.